The van der Waals surface area contributed by atoms with Crippen LogP contribution in [0.2, 0.25) is 0 Å². The number of hydrogen-bond donors (Lipinski definition) is 4. The second-order valence-electron chi connectivity index (χ2n) is 7.01. The van der Waals surface area contributed by atoms with Gasteiger partial charge < -0.3 is 40.1 Å². The van der Waals surface area contributed by atoms with E-state index in [1.54, 1.807) is 21.1 Å². The normalized spacial score (nSPS) is 30.1. The molecule has 0 aromatic heterocycles. The predicted molar refractivity (Wildman–Crippen MR) is 85.3 cm³/mol. The Labute approximate surface area is 145 Å². The van der Waals surface area contributed by atoms with Crippen molar-refractivity contribution < 1.29 is 39.2 Å². The third-order valence-electron chi connectivity index (χ3n) is 4.18. The van der Waals surface area contributed by atoms with E-state index in [0.29, 0.717) is 0 Å². The molecule has 1 heterocycles. The third kappa shape index (κ3) is 4.20. The topological polar surface area (TPSA) is 145 Å². The van der Waals surface area contributed by atoms with Crippen molar-refractivity contribution >= 4 is 11.7 Å². The lowest BCUT2D eigenvalue weighted by Crippen LogP contribution is -2.67. The number of nitrogen functional groups attached to an aromatic ring is 1. The Morgan fingerprint density at radius 2 is 1.92 bits per heavy atom. The van der Waals surface area contributed by atoms with Gasteiger partial charge >= 0.3 is 5.97 Å². The first kappa shape index (κ1) is 19.4. The molecule has 2 rings (SSSR count). The number of rotatable bonds is 4. The van der Waals surface area contributed by atoms with Crippen molar-refractivity contribution in [2.24, 2.45) is 0 Å². The van der Waals surface area contributed by atoms with Crippen LogP contribution >= 0.6 is 0 Å². The van der Waals surface area contributed by atoms with E-state index in [1.165, 1.54) is 12.1 Å². The molecule has 0 unspecified atom stereocenters. The van der Waals surface area contributed by atoms with E-state index >= 15 is 0 Å². The number of benzene rings is 1. The number of aliphatic hydroxyl groups is 3. The van der Waals surface area contributed by atoms with Crippen LogP contribution in [0.1, 0.15) is 10.4 Å². The molecule has 0 saturated carbocycles. The fourth-order valence-corrected chi connectivity index (χ4v) is 2.85. The van der Waals surface area contributed by atoms with Crippen LogP contribution < -0.4 is 10.8 Å². The van der Waals surface area contributed by atoms with Gasteiger partial charge in [-0.1, -0.05) is 11.8 Å². The molecule has 9 heteroatoms. The van der Waals surface area contributed by atoms with Crippen molar-refractivity contribution in [2.45, 2.75) is 30.6 Å². The maximum Gasteiger partial charge on any atom is 0.337 e. The summed E-state index contributed by atoms with van der Waals surface area (Å²) in [4.78, 5) is 12.0. The first-order chi connectivity index (χ1) is 11.5. The number of quaternary nitrogens is 1. The van der Waals surface area contributed by atoms with E-state index in [9.17, 15) is 25.2 Å². The number of carbonyl (C=O) groups is 1. The molecule has 25 heavy (non-hydrogen) atoms. The minimum Gasteiger partial charge on any atom is -0.872 e. The maximum absolute atomic E-state index is 12.0. The van der Waals surface area contributed by atoms with Gasteiger partial charge in [0, 0.05) is 5.69 Å². The van der Waals surface area contributed by atoms with Gasteiger partial charge in [0.2, 0.25) is 6.29 Å². The van der Waals surface area contributed by atoms with Gasteiger partial charge in [-0.05, 0) is 12.1 Å². The molecule has 140 valence electrons. The molecule has 1 aromatic rings. The van der Waals surface area contributed by atoms with Crippen molar-refractivity contribution in [3.63, 3.8) is 0 Å². The van der Waals surface area contributed by atoms with Gasteiger partial charge in [0.25, 0.3) is 0 Å². The Hall–Kier alpha value is -1.91. The molecule has 0 aliphatic carbocycles. The molecule has 0 amide bonds. The number of carbonyl (C=O) groups excluding carboxylic acids is 1. The molecule has 5 N–H and O–H groups in total. The third-order valence-corrected chi connectivity index (χ3v) is 4.18. The van der Waals surface area contributed by atoms with Gasteiger partial charge in [-0.25, -0.2) is 4.79 Å². The smallest absolute Gasteiger partial charge is 0.337 e. The second-order valence-corrected chi connectivity index (χ2v) is 7.01. The number of ether oxygens (including phenoxy) is 2. The lowest BCUT2D eigenvalue weighted by molar-refractivity contribution is -0.909. The summed E-state index contributed by atoms with van der Waals surface area (Å²) in [6, 6.07) is 2.94. The van der Waals surface area contributed by atoms with Crippen LogP contribution in [-0.4, -0.2) is 84.2 Å². The van der Waals surface area contributed by atoms with Gasteiger partial charge in [0.1, 0.15) is 24.9 Å². The van der Waals surface area contributed by atoms with Crippen LogP contribution in [0.25, 0.3) is 0 Å². The molecule has 1 aromatic carbocycles. The summed E-state index contributed by atoms with van der Waals surface area (Å²) in [5.74, 6) is -1.47. The van der Waals surface area contributed by atoms with E-state index in [1.807, 2.05) is 0 Å². The molecular formula is C16H24N2O7. The monoisotopic (exact) mass is 356 g/mol. The van der Waals surface area contributed by atoms with Crippen LogP contribution in [0.15, 0.2) is 18.2 Å². The van der Waals surface area contributed by atoms with Gasteiger partial charge in [-0.2, -0.15) is 0 Å². The van der Waals surface area contributed by atoms with Gasteiger partial charge in [0.15, 0.2) is 6.04 Å². The number of anilines is 1. The molecule has 1 aliphatic rings. The van der Waals surface area contributed by atoms with Crippen LogP contribution in [0.3, 0.4) is 0 Å². The van der Waals surface area contributed by atoms with Crippen molar-refractivity contribution in [3.05, 3.63) is 23.8 Å². The van der Waals surface area contributed by atoms with E-state index in [4.69, 9.17) is 15.2 Å². The SMILES string of the molecule is C[N+](C)(C)[C@@H]1[C@@H](O)[C@@H](O)[C@@H](COC(=O)c2cc(N)ccc2[O-])O[C@@H]1O. The average molecular weight is 356 g/mol. The maximum atomic E-state index is 12.0. The summed E-state index contributed by atoms with van der Waals surface area (Å²) in [6.07, 6.45) is -5.14. The molecule has 9 nitrogen and oxygen atoms in total. The molecule has 1 saturated heterocycles. The summed E-state index contributed by atoms with van der Waals surface area (Å²) in [5.41, 5.74) is 5.53. The van der Waals surface area contributed by atoms with Crippen molar-refractivity contribution in [1.29, 1.82) is 0 Å². The lowest BCUT2D eigenvalue weighted by atomic mass is 9.95. The first-order valence-electron chi connectivity index (χ1n) is 7.77. The summed E-state index contributed by atoms with van der Waals surface area (Å²) in [5, 5.41) is 42.2. The zero-order valence-corrected chi connectivity index (χ0v) is 14.3. The fourth-order valence-electron chi connectivity index (χ4n) is 2.85. The van der Waals surface area contributed by atoms with Crippen LogP contribution in [0.4, 0.5) is 5.69 Å². The largest absolute Gasteiger partial charge is 0.872 e. The van der Waals surface area contributed by atoms with Gasteiger partial charge in [-0.15, -0.1) is 0 Å². The highest BCUT2D eigenvalue weighted by molar-refractivity contribution is 5.93. The minimum atomic E-state index is -1.37. The zero-order chi connectivity index (χ0) is 18.9. The quantitative estimate of drug-likeness (QED) is 0.276. The van der Waals surface area contributed by atoms with E-state index < -0.39 is 49.0 Å². The minimum absolute atomic E-state index is 0.161. The number of nitrogens with zero attached hydrogens (tertiary/aromatic N) is 1. The molecule has 0 spiro atoms. The second kappa shape index (κ2) is 7.14. The van der Waals surface area contributed by atoms with E-state index in [0.717, 1.165) is 6.07 Å². The number of esters is 1. The number of likely N-dealkylation sites (N-methyl/N-ethyl adjacent to an activating group) is 1. The average Bonchev–Trinajstić information content (AvgIpc) is 2.50. The molecule has 1 fully saturated rings. The van der Waals surface area contributed by atoms with Crippen LogP contribution in [-0.2, 0) is 9.47 Å². The summed E-state index contributed by atoms with van der Waals surface area (Å²) in [6.45, 7) is -0.438. The standard InChI is InChI=1S/C16H24N2O7/c1-18(2,3)12-14(21)13(20)11(25-16(12)23)7-24-15(22)9-6-8(17)4-5-10(9)19/h4-6,11-14,16,20-21,23H,7,17H2,1-3H3/t11-,12-,13+,14-,16+/m1/s1. The summed E-state index contributed by atoms with van der Waals surface area (Å²) in [7, 11) is 5.22. The number of aliphatic hydroxyl groups excluding tert-OH is 3. The van der Waals surface area contributed by atoms with E-state index in [-0.39, 0.29) is 15.7 Å². The first-order valence-corrected chi connectivity index (χ1v) is 7.77. The fraction of sp³-hybridized carbons (Fsp3) is 0.562. The molecule has 1 aliphatic heterocycles. The zero-order valence-electron chi connectivity index (χ0n) is 14.3. The highest BCUT2D eigenvalue weighted by Crippen LogP contribution is 2.26. The Balaban J connectivity index is 2.04. The van der Waals surface area contributed by atoms with Gasteiger partial charge in [-0.3, -0.25) is 0 Å². The predicted octanol–water partition coefficient (Wildman–Crippen LogP) is -1.99. The summed E-state index contributed by atoms with van der Waals surface area (Å²) < 4.78 is 10.4. The molecule has 0 radical (unpaired) electrons. The molecule has 0 bridgehead atoms. The van der Waals surface area contributed by atoms with Crippen molar-refractivity contribution in [2.75, 3.05) is 33.5 Å². The summed E-state index contributed by atoms with van der Waals surface area (Å²) >= 11 is 0. The van der Waals surface area contributed by atoms with E-state index in [2.05, 4.69) is 0 Å². The van der Waals surface area contributed by atoms with Crippen molar-refractivity contribution in [1.82, 2.24) is 0 Å². The van der Waals surface area contributed by atoms with Gasteiger partial charge in [0.05, 0.1) is 26.7 Å². The van der Waals surface area contributed by atoms with Crippen LogP contribution in [0.5, 0.6) is 5.75 Å². The van der Waals surface area contributed by atoms with Crippen molar-refractivity contribution in [3.8, 4) is 5.75 Å². The highest BCUT2D eigenvalue weighted by Gasteiger charge is 2.50. The Bertz CT molecular complexity index is 631. The molecule has 5 atom stereocenters. The molecular weight excluding hydrogens is 332 g/mol. The number of hydrogen-bond acceptors (Lipinski definition) is 8. The Morgan fingerprint density at radius 1 is 1.28 bits per heavy atom. The van der Waals surface area contributed by atoms with Crippen LogP contribution in [0, 0.1) is 0 Å². The Morgan fingerprint density at radius 3 is 2.52 bits per heavy atom. The lowest BCUT2D eigenvalue weighted by Gasteiger charge is -2.46. The number of nitrogens with two attached hydrogens (primary N) is 1. The Kier molecular flexibility index (Phi) is 5.55. The highest BCUT2D eigenvalue weighted by atomic mass is 16.6.